The summed E-state index contributed by atoms with van der Waals surface area (Å²) in [5.41, 5.74) is 3.28. The zero-order valence-corrected chi connectivity index (χ0v) is 16.6. The summed E-state index contributed by atoms with van der Waals surface area (Å²) >= 11 is 0. The molecule has 0 radical (unpaired) electrons. The Balaban J connectivity index is 1.47. The number of aryl methyl sites for hydroxylation is 1. The highest BCUT2D eigenvalue weighted by Crippen LogP contribution is 2.38. The number of rotatable bonds is 6. The van der Waals surface area contributed by atoms with E-state index < -0.39 is 0 Å². The maximum absolute atomic E-state index is 13.1. The molecule has 28 heavy (non-hydrogen) atoms. The minimum Gasteiger partial charge on any atom is -0.486 e. The Labute approximate surface area is 166 Å². The van der Waals surface area contributed by atoms with Gasteiger partial charge in [-0.05, 0) is 56.7 Å². The number of hydrogen-bond donors (Lipinski definition) is 1. The quantitative estimate of drug-likeness (QED) is 0.794. The lowest BCUT2D eigenvalue weighted by molar-refractivity contribution is 0.171. The summed E-state index contributed by atoms with van der Waals surface area (Å²) in [4.78, 5) is 15.1. The minimum atomic E-state index is -0.0526. The van der Waals surface area contributed by atoms with Crippen LogP contribution in [0.1, 0.15) is 30.9 Å². The molecule has 1 fully saturated rings. The Hall–Kier alpha value is -2.69. The highest BCUT2D eigenvalue weighted by atomic mass is 16.6. The molecule has 5 heteroatoms. The Morgan fingerprint density at radius 1 is 1.11 bits per heavy atom. The Morgan fingerprint density at radius 3 is 2.50 bits per heavy atom. The molecule has 2 aromatic rings. The Kier molecular flexibility index (Phi) is 5.42. The molecule has 1 aliphatic carbocycles. The predicted octanol–water partition coefficient (Wildman–Crippen LogP) is 4.64. The Morgan fingerprint density at radius 2 is 1.82 bits per heavy atom. The van der Waals surface area contributed by atoms with E-state index in [4.69, 9.17) is 9.47 Å². The van der Waals surface area contributed by atoms with Crippen molar-refractivity contribution in [2.45, 2.75) is 39.2 Å². The summed E-state index contributed by atoms with van der Waals surface area (Å²) in [6.45, 7) is 5.93. The van der Waals surface area contributed by atoms with E-state index in [9.17, 15) is 4.79 Å². The number of carbonyl (C=O) groups is 1. The van der Waals surface area contributed by atoms with Crippen LogP contribution in [-0.2, 0) is 6.42 Å². The van der Waals surface area contributed by atoms with Crippen LogP contribution >= 0.6 is 0 Å². The fourth-order valence-electron chi connectivity index (χ4n) is 3.82. The number of nitrogens with one attached hydrogen (secondary N) is 1. The standard InChI is InChI=1S/C23H28N2O3/c1-3-25(20(18-8-9-18)14-17-6-4-16(2)5-7-17)23(26)24-19-10-11-21-22(15-19)28-13-12-27-21/h4-7,10-11,15,18,20H,3,8-9,12-14H2,1-2H3,(H,24,26)/t20-/m0/s1. The molecule has 1 N–H and O–H groups in total. The molecule has 1 aliphatic heterocycles. The second-order valence-corrected chi connectivity index (χ2v) is 7.67. The van der Waals surface area contributed by atoms with Crippen molar-refractivity contribution >= 4 is 11.7 Å². The molecule has 0 unspecified atom stereocenters. The Bertz CT molecular complexity index is 830. The molecule has 148 valence electrons. The van der Waals surface area contributed by atoms with E-state index in [1.54, 1.807) is 0 Å². The van der Waals surface area contributed by atoms with Crippen molar-refractivity contribution in [3.8, 4) is 11.5 Å². The van der Waals surface area contributed by atoms with Gasteiger partial charge in [-0.3, -0.25) is 0 Å². The molecule has 0 spiro atoms. The monoisotopic (exact) mass is 380 g/mol. The number of fused-ring (bicyclic) bond motifs is 1. The van der Waals surface area contributed by atoms with Crippen molar-refractivity contribution in [1.82, 2.24) is 4.90 Å². The molecular formula is C23H28N2O3. The fraction of sp³-hybridized carbons (Fsp3) is 0.435. The molecule has 0 bridgehead atoms. The van der Waals surface area contributed by atoms with Gasteiger partial charge in [0.25, 0.3) is 0 Å². The first-order valence-electron chi connectivity index (χ1n) is 10.2. The predicted molar refractivity (Wildman–Crippen MR) is 110 cm³/mol. The minimum absolute atomic E-state index is 0.0526. The molecule has 5 nitrogen and oxygen atoms in total. The lowest BCUT2D eigenvalue weighted by Crippen LogP contribution is -2.45. The maximum Gasteiger partial charge on any atom is 0.322 e. The SMILES string of the molecule is CCN(C(=O)Nc1ccc2c(c1)OCCO2)[C@@H](Cc1ccc(C)cc1)C1CC1. The summed E-state index contributed by atoms with van der Waals surface area (Å²) in [7, 11) is 0. The van der Waals surface area contributed by atoms with Crippen molar-refractivity contribution in [2.24, 2.45) is 5.92 Å². The van der Waals surface area contributed by atoms with Crippen molar-refractivity contribution in [3.05, 3.63) is 53.6 Å². The van der Waals surface area contributed by atoms with E-state index >= 15 is 0 Å². The van der Waals surface area contributed by atoms with Crippen LogP contribution in [0.3, 0.4) is 0 Å². The van der Waals surface area contributed by atoms with Gasteiger partial charge in [-0.25, -0.2) is 4.79 Å². The smallest absolute Gasteiger partial charge is 0.322 e. The van der Waals surface area contributed by atoms with Crippen LogP contribution in [0.4, 0.5) is 10.5 Å². The van der Waals surface area contributed by atoms with Gasteiger partial charge in [0.05, 0.1) is 0 Å². The molecule has 1 atom stereocenters. The van der Waals surface area contributed by atoms with E-state index in [1.165, 1.54) is 24.0 Å². The lowest BCUT2D eigenvalue weighted by atomic mass is 10.00. The molecular weight excluding hydrogens is 352 g/mol. The third-order valence-corrected chi connectivity index (χ3v) is 5.53. The third kappa shape index (κ3) is 4.24. The topological polar surface area (TPSA) is 50.8 Å². The first kappa shape index (κ1) is 18.7. The average molecular weight is 380 g/mol. The number of carbonyl (C=O) groups excluding carboxylic acids is 1. The zero-order chi connectivity index (χ0) is 19.5. The van der Waals surface area contributed by atoms with E-state index in [2.05, 4.69) is 36.5 Å². The van der Waals surface area contributed by atoms with Crippen LogP contribution in [0, 0.1) is 12.8 Å². The van der Waals surface area contributed by atoms with Crippen LogP contribution in [0.2, 0.25) is 0 Å². The van der Waals surface area contributed by atoms with Crippen LogP contribution in [0.25, 0.3) is 0 Å². The molecule has 2 aromatic carbocycles. The lowest BCUT2D eigenvalue weighted by Gasteiger charge is -2.31. The second-order valence-electron chi connectivity index (χ2n) is 7.67. The van der Waals surface area contributed by atoms with Gasteiger partial charge in [-0.15, -0.1) is 0 Å². The number of benzene rings is 2. The van der Waals surface area contributed by atoms with Crippen molar-refractivity contribution in [2.75, 3.05) is 25.1 Å². The number of ether oxygens (including phenoxy) is 2. The third-order valence-electron chi connectivity index (χ3n) is 5.53. The molecule has 1 saturated carbocycles. The van der Waals surface area contributed by atoms with E-state index in [0.29, 0.717) is 31.4 Å². The second kappa shape index (κ2) is 8.13. The number of nitrogens with zero attached hydrogens (tertiary/aromatic N) is 1. The first-order chi connectivity index (χ1) is 13.6. The summed E-state index contributed by atoms with van der Waals surface area (Å²) < 4.78 is 11.2. The number of amides is 2. The van der Waals surface area contributed by atoms with Crippen molar-refractivity contribution in [1.29, 1.82) is 0 Å². The first-order valence-corrected chi connectivity index (χ1v) is 10.2. The maximum atomic E-state index is 13.1. The molecule has 0 saturated heterocycles. The summed E-state index contributed by atoms with van der Waals surface area (Å²) in [5.74, 6) is 2.00. The summed E-state index contributed by atoms with van der Waals surface area (Å²) in [6, 6.07) is 14.4. The van der Waals surface area contributed by atoms with E-state index in [0.717, 1.165) is 17.9 Å². The number of likely N-dealkylation sites (N-methyl/N-ethyl adjacent to an activating group) is 1. The van der Waals surface area contributed by atoms with Crippen LogP contribution in [0.15, 0.2) is 42.5 Å². The van der Waals surface area contributed by atoms with Gasteiger partial charge in [0, 0.05) is 24.3 Å². The molecule has 4 rings (SSSR count). The van der Waals surface area contributed by atoms with Gasteiger partial charge in [0.2, 0.25) is 0 Å². The average Bonchev–Trinajstić information content (AvgIpc) is 3.54. The van der Waals surface area contributed by atoms with Crippen LogP contribution < -0.4 is 14.8 Å². The largest absolute Gasteiger partial charge is 0.486 e. The molecule has 1 heterocycles. The number of anilines is 1. The summed E-state index contributed by atoms with van der Waals surface area (Å²) in [6.07, 6.45) is 3.29. The highest BCUT2D eigenvalue weighted by Gasteiger charge is 2.37. The number of urea groups is 1. The van der Waals surface area contributed by atoms with Gasteiger partial charge in [0.15, 0.2) is 11.5 Å². The van der Waals surface area contributed by atoms with Gasteiger partial charge in [-0.2, -0.15) is 0 Å². The summed E-state index contributed by atoms with van der Waals surface area (Å²) in [5, 5.41) is 3.05. The normalized spacial score (nSPS) is 16.4. The molecule has 0 aromatic heterocycles. The number of hydrogen-bond acceptors (Lipinski definition) is 3. The van der Waals surface area contributed by atoms with Crippen molar-refractivity contribution in [3.63, 3.8) is 0 Å². The zero-order valence-electron chi connectivity index (χ0n) is 16.6. The van der Waals surface area contributed by atoms with Gasteiger partial charge < -0.3 is 19.7 Å². The van der Waals surface area contributed by atoms with Crippen molar-refractivity contribution < 1.29 is 14.3 Å². The van der Waals surface area contributed by atoms with Gasteiger partial charge >= 0.3 is 6.03 Å². The molecule has 2 aliphatic rings. The van der Waals surface area contributed by atoms with E-state index in [1.807, 2.05) is 30.0 Å². The van der Waals surface area contributed by atoms with Gasteiger partial charge in [-0.1, -0.05) is 29.8 Å². The van der Waals surface area contributed by atoms with E-state index in [-0.39, 0.29) is 12.1 Å². The highest BCUT2D eigenvalue weighted by molar-refractivity contribution is 5.90. The van der Waals surface area contributed by atoms with Gasteiger partial charge in [0.1, 0.15) is 13.2 Å². The molecule has 2 amide bonds. The fourth-order valence-corrected chi connectivity index (χ4v) is 3.82. The van der Waals surface area contributed by atoms with Crippen LogP contribution in [0.5, 0.6) is 11.5 Å². The van der Waals surface area contributed by atoms with Crippen LogP contribution in [-0.4, -0.2) is 36.7 Å².